The van der Waals surface area contributed by atoms with Gasteiger partial charge in [-0.2, -0.15) is 0 Å². The van der Waals surface area contributed by atoms with Crippen LogP contribution in [0.5, 0.6) is 0 Å². The van der Waals surface area contributed by atoms with Gasteiger partial charge in [0.1, 0.15) is 5.69 Å². The fourth-order valence-corrected chi connectivity index (χ4v) is 2.04. The summed E-state index contributed by atoms with van der Waals surface area (Å²) < 4.78 is 0. The summed E-state index contributed by atoms with van der Waals surface area (Å²) in [6.07, 6.45) is 4.14. The van der Waals surface area contributed by atoms with Gasteiger partial charge in [0.15, 0.2) is 0 Å². The van der Waals surface area contributed by atoms with E-state index in [0.29, 0.717) is 0 Å². The number of likely N-dealkylation sites (N-methyl/N-ethyl adjacent to an activating group) is 1. The number of carboxylic acid groups (broad SMARTS) is 1. The van der Waals surface area contributed by atoms with Gasteiger partial charge in [0, 0.05) is 31.0 Å². The number of hydrogen-bond acceptors (Lipinski definition) is 4. The van der Waals surface area contributed by atoms with Crippen LogP contribution >= 0.6 is 0 Å². The summed E-state index contributed by atoms with van der Waals surface area (Å²) in [5.74, 6) is -0.994. The molecule has 0 atom stereocenters. The van der Waals surface area contributed by atoms with Gasteiger partial charge in [-0.05, 0) is 31.5 Å². The summed E-state index contributed by atoms with van der Waals surface area (Å²) >= 11 is 0. The zero-order valence-electron chi connectivity index (χ0n) is 10.6. The van der Waals surface area contributed by atoms with Crippen LogP contribution in [-0.4, -0.2) is 46.6 Å². The number of hydrogen-bond donors (Lipinski definition) is 2. The lowest BCUT2D eigenvalue weighted by molar-refractivity contribution is 0.0690. The number of aromatic carboxylic acids is 1. The average molecular weight is 249 g/mol. The fraction of sp³-hybridized carbons (Fsp3) is 0.538. The normalized spacial score (nSPS) is 14.8. The van der Waals surface area contributed by atoms with Gasteiger partial charge < -0.3 is 10.4 Å². The molecule has 18 heavy (non-hydrogen) atoms. The molecule has 1 aliphatic carbocycles. The maximum Gasteiger partial charge on any atom is 0.354 e. The lowest BCUT2D eigenvalue weighted by atomic mass is 10.3. The largest absolute Gasteiger partial charge is 0.477 e. The van der Waals surface area contributed by atoms with Gasteiger partial charge in [0.25, 0.3) is 0 Å². The van der Waals surface area contributed by atoms with Crippen LogP contribution in [0.3, 0.4) is 0 Å². The summed E-state index contributed by atoms with van der Waals surface area (Å²) in [5.41, 5.74) is 0.892. The third-order valence-corrected chi connectivity index (χ3v) is 3.18. The second-order valence-electron chi connectivity index (χ2n) is 4.52. The Balaban J connectivity index is 1.82. The van der Waals surface area contributed by atoms with Crippen molar-refractivity contribution in [2.75, 3.05) is 25.0 Å². The van der Waals surface area contributed by atoms with Gasteiger partial charge in [0.05, 0.1) is 0 Å². The van der Waals surface area contributed by atoms with E-state index in [0.717, 1.165) is 31.4 Å². The minimum Gasteiger partial charge on any atom is -0.477 e. The molecular formula is C13H19N3O2. The minimum absolute atomic E-state index is 0.0783. The van der Waals surface area contributed by atoms with Crippen molar-refractivity contribution in [3.05, 3.63) is 24.0 Å². The average Bonchev–Trinajstić information content (AvgIpc) is 3.19. The molecule has 0 amide bonds. The van der Waals surface area contributed by atoms with Crippen molar-refractivity contribution >= 4 is 11.7 Å². The molecule has 0 bridgehead atoms. The maximum absolute atomic E-state index is 10.8. The lowest BCUT2D eigenvalue weighted by Gasteiger charge is -2.20. The Morgan fingerprint density at radius 2 is 2.39 bits per heavy atom. The van der Waals surface area contributed by atoms with Crippen LogP contribution in [0.25, 0.3) is 0 Å². The Morgan fingerprint density at radius 1 is 1.61 bits per heavy atom. The van der Waals surface area contributed by atoms with Gasteiger partial charge in [-0.3, -0.25) is 4.90 Å². The third-order valence-electron chi connectivity index (χ3n) is 3.18. The molecule has 1 aromatic heterocycles. The SMILES string of the molecule is CCN(CCNc1ccnc(C(=O)O)c1)C1CC1. The van der Waals surface area contributed by atoms with Crippen molar-refractivity contribution in [1.29, 1.82) is 0 Å². The molecule has 98 valence electrons. The third kappa shape index (κ3) is 3.43. The molecule has 0 unspecified atom stereocenters. The van der Waals surface area contributed by atoms with Gasteiger partial charge in [-0.15, -0.1) is 0 Å². The standard InChI is InChI=1S/C13H19N3O2/c1-2-16(11-3-4-11)8-7-14-10-5-6-15-12(9-10)13(17)18/h5-6,9,11H,2-4,7-8H2,1H3,(H,14,15)(H,17,18). The first-order chi connectivity index (χ1) is 8.70. The van der Waals surface area contributed by atoms with Gasteiger partial charge in [0.2, 0.25) is 0 Å². The van der Waals surface area contributed by atoms with Crippen LogP contribution in [0.1, 0.15) is 30.3 Å². The van der Waals surface area contributed by atoms with Crippen LogP contribution in [0.2, 0.25) is 0 Å². The number of carbonyl (C=O) groups is 1. The number of nitrogens with one attached hydrogen (secondary N) is 1. The monoisotopic (exact) mass is 249 g/mol. The molecular weight excluding hydrogens is 230 g/mol. The highest BCUT2D eigenvalue weighted by atomic mass is 16.4. The van der Waals surface area contributed by atoms with E-state index < -0.39 is 5.97 Å². The number of aromatic nitrogens is 1. The van der Waals surface area contributed by atoms with Crippen molar-refractivity contribution in [2.45, 2.75) is 25.8 Å². The minimum atomic E-state index is -0.994. The highest BCUT2D eigenvalue weighted by Gasteiger charge is 2.27. The molecule has 1 aromatic rings. The number of carboxylic acids is 1. The molecule has 0 spiro atoms. The number of anilines is 1. The predicted octanol–water partition coefficient (Wildman–Crippen LogP) is 1.68. The van der Waals surface area contributed by atoms with Crippen LogP contribution < -0.4 is 5.32 Å². The maximum atomic E-state index is 10.8. The molecule has 1 saturated carbocycles. The van der Waals surface area contributed by atoms with E-state index in [1.54, 1.807) is 12.1 Å². The Kier molecular flexibility index (Phi) is 4.15. The van der Waals surface area contributed by atoms with E-state index in [4.69, 9.17) is 5.11 Å². The van der Waals surface area contributed by atoms with Crippen molar-refractivity contribution in [3.63, 3.8) is 0 Å². The highest BCUT2D eigenvalue weighted by Crippen LogP contribution is 2.25. The van der Waals surface area contributed by atoms with Crippen molar-refractivity contribution in [2.24, 2.45) is 0 Å². The summed E-state index contributed by atoms with van der Waals surface area (Å²) in [5, 5.41) is 12.1. The van der Waals surface area contributed by atoms with Crippen molar-refractivity contribution < 1.29 is 9.90 Å². The lowest BCUT2D eigenvalue weighted by Crippen LogP contribution is -2.30. The first kappa shape index (κ1) is 12.8. The molecule has 1 fully saturated rings. The Morgan fingerprint density at radius 3 is 3.00 bits per heavy atom. The zero-order chi connectivity index (χ0) is 13.0. The zero-order valence-corrected chi connectivity index (χ0v) is 10.6. The van der Waals surface area contributed by atoms with Crippen molar-refractivity contribution in [3.8, 4) is 0 Å². The van der Waals surface area contributed by atoms with Crippen LogP contribution in [0.15, 0.2) is 18.3 Å². The summed E-state index contributed by atoms with van der Waals surface area (Å²) in [6.45, 7) is 5.07. The second-order valence-corrected chi connectivity index (χ2v) is 4.52. The number of nitrogens with zero attached hydrogens (tertiary/aromatic N) is 2. The quantitative estimate of drug-likeness (QED) is 0.769. The van der Waals surface area contributed by atoms with Gasteiger partial charge in [-0.1, -0.05) is 6.92 Å². The van der Waals surface area contributed by atoms with E-state index in [-0.39, 0.29) is 5.69 Å². The Bertz CT molecular complexity index is 418. The van der Waals surface area contributed by atoms with Crippen LogP contribution in [0.4, 0.5) is 5.69 Å². The van der Waals surface area contributed by atoms with E-state index in [1.165, 1.54) is 19.0 Å². The highest BCUT2D eigenvalue weighted by molar-refractivity contribution is 5.86. The molecule has 5 nitrogen and oxygen atoms in total. The van der Waals surface area contributed by atoms with E-state index in [1.807, 2.05) is 0 Å². The van der Waals surface area contributed by atoms with Gasteiger partial charge in [-0.25, -0.2) is 9.78 Å². The Hall–Kier alpha value is -1.62. The Labute approximate surface area is 107 Å². The molecule has 5 heteroatoms. The molecule has 0 radical (unpaired) electrons. The van der Waals surface area contributed by atoms with E-state index in [9.17, 15) is 4.79 Å². The van der Waals surface area contributed by atoms with Crippen LogP contribution in [0, 0.1) is 0 Å². The summed E-state index contributed by atoms with van der Waals surface area (Å²) in [4.78, 5) is 17.0. The predicted molar refractivity (Wildman–Crippen MR) is 70.0 cm³/mol. The number of rotatable bonds is 7. The first-order valence-corrected chi connectivity index (χ1v) is 6.38. The summed E-state index contributed by atoms with van der Waals surface area (Å²) in [7, 11) is 0. The van der Waals surface area contributed by atoms with E-state index in [2.05, 4.69) is 22.1 Å². The molecule has 0 aliphatic heterocycles. The molecule has 1 aliphatic rings. The van der Waals surface area contributed by atoms with E-state index >= 15 is 0 Å². The smallest absolute Gasteiger partial charge is 0.354 e. The fourth-order valence-electron chi connectivity index (χ4n) is 2.04. The topological polar surface area (TPSA) is 65.5 Å². The molecule has 0 aromatic carbocycles. The molecule has 0 saturated heterocycles. The number of pyridine rings is 1. The van der Waals surface area contributed by atoms with Gasteiger partial charge >= 0.3 is 5.97 Å². The molecule has 2 N–H and O–H groups in total. The molecule has 1 heterocycles. The summed E-state index contributed by atoms with van der Waals surface area (Å²) in [6, 6.07) is 4.12. The van der Waals surface area contributed by atoms with Crippen molar-refractivity contribution in [1.82, 2.24) is 9.88 Å². The van der Waals surface area contributed by atoms with Crippen LogP contribution in [-0.2, 0) is 0 Å². The first-order valence-electron chi connectivity index (χ1n) is 6.38. The second kappa shape index (κ2) is 5.82. The molecule has 2 rings (SSSR count).